The fourth-order valence-corrected chi connectivity index (χ4v) is 5.02. The Hall–Kier alpha value is -2.07. The highest BCUT2D eigenvalue weighted by Crippen LogP contribution is 2.31. The number of thiazole rings is 1. The molecule has 2 aromatic carbocycles. The van der Waals surface area contributed by atoms with E-state index in [9.17, 15) is 0 Å². The second kappa shape index (κ2) is 7.67. The van der Waals surface area contributed by atoms with Crippen LogP contribution >= 0.6 is 11.3 Å². The van der Waals surface area contributed by atoms with Gasteiger partial charge in [0.25, 0.3) is 5.01 Å². The molecule has 0 radical (unpaired) electrons. The van der Waals surface area contributed by atoms with Crippen LogP contribution in [0.5, 0.6) is 5.75 Å². The summed E-state index contributed by atoms with van der Waals surface area (Å²) in [7, 11) is 3.87. The first kappa shape index (κ1) is 17.3. The summed E-state index contributed by atoms with van der Waals surface area (Å²) in [6.45, 7) is 2.38. The predicted molar refractivity (Wildman–Crippen MR) is 110 cm³/mol. The monoisotopic (exact) mass is 367 g/mol. The zero-order chi connectivity index (χ0) is 17.9. The molecule has 1 aliphatic rings. The van der Waals surface area contributed by atoms with Crippen molar-refractivity contribution >= 4 is 27.2 Å². The second-order valence-corrected chi connectivity index (χ2v) is 8.13. The summed E-state index contributed by atoms with van der Waals surface area (Å²) in [4.78, 5) is 2.55. The van der Waals surface area contributed by atoms with Gasteiger partial charge in [-0.2, -0.15) is 4.57 Å². The SMILES string of the molecule is COc1ccc2c(c1)sc(-c1ccc(N3CCCCCCC3)cc1)[n+]2C. The van der Waals surface area contributed by atoms with Gasteiger partial charge in [0.2, 0.25) is 5.52 Å². The van der Waals surface area contributed by atoms with Gasteiger partial charge in [0.15, 0.2) is 0 Å². The average Bonchev–Trinajstić information content (AvgIpc) is 2.98. The minimum atomic E-state index is 0.915. The molecule has 0 saturated carbocycles. The molecule has 26 heavy (non-hydrogen) atoms. The zero-order valence-corrected chi connectivity index (χ0v) is 16.5. The van der Waals surface area contributed by atoms with Crippen molar-refractivity contribution < 1.29 is 9.30 Å². The summed E-state index contributed by atoms with van der Waals surface area (Å²) in [5.41, 5.74) is 3.89. The Kier molecular flexibility index (Phi) is 5.11. The molecule has 1 aliphatic heterocycles. The Morgan fingerprint density at radius 1 is 0.923 bits per heavy atom. The van der Waals surface area contributed by atoms with Crippen LogP contribution in [0.2, 0.25) is 0 Å². The molecule has 1 aromatic heterocycles. The van der Waals surface area contributed by atoms with E-state index in [1.54, 1.807) is 7.11 Å². The van der Waals surface area contributed by atoms with E-state index >= 15 is 0 Å². The molecule has 0 aliphatic carbocycles. The predicted octanol–water partition coefficient (Wildman–Crippen LogP) is 5.17. The largest absolute Gasteiger partial charge is 0.497 e. The van der Waals surface area contributed by atoms with Crippen LogP contribution in [0.15, 0.2) is 42.5 Å². The Morgan fingerprint density at radius 2 is 1.62 bits per heavy atom. The number of aryl methyl sites for hydroxylation is 1. The summed E-state index contributed by atoms with van der Waals surface area (Å²) in [5, 5.41) is 1.28. The molecule has 0 unspecified atom stereocenters. The van der Waals surface area contributed by atoms with Crippen LogP contribution in [0.3, 0.4) is 0 Å². The molecule has 1 saturated heterocycles. The lowest BCUT2D eigenvalue weighted by molar-refractivity contribution is -0.629. The van der Waals surface area contributed by atoms with E-state index in [0.29, 0.717) is 0 Å². The molecule has 0 amide bonds. The number of rotatable bonds is 3. The highest BCUT2D eigenvalue weighted by atomic mass is 32.1. The number of benzene rings is 2. The Morgan fingerprint density at radius 3 is 2.31 bits per heavy atom. The number of ether oxygens (including phenoxy) is 1. The first-order chi connectivity index (χ1) is 12.8. The lowest BCUT2D eigenvalue weighted by Gasteiger charge is -2.26. The molecule has 1 fully saturated rings. The van der Waals surface area contributed by atoms with Crippen LogP contribution in [0.25, 0.3) is 20.8 Å². The maximum atomic E-state index is 5.37. The van der Waals surface area contributed by atoms with Gasteiger partial charge < -0.3 is 9.64 Å². The summed E-state index contributed by atoms with van der Waals surface area (Å²) in [6.07, 6.45) is 6.77. The van der Waals surface area contributed by atoms with Gasteiger partial charge in [0.05, 0.1) is 12.7 Å². The number of nitrogens with zero attached hydrogens (tertiary/aromatic N) is 2. The third kappa shape index (κ3) is 3.43. The van der Waals surface area contributed by atoms with Crippen molar-refractivity contribution in [3.05, 3.63) is 42.5 Å². The highest BCUT2D eigenvalue weighted by Gasteiger charge is 2.19. The lowest BCUT2D eigenvalue weighted by atomic mass is 10.1. The van der Waals surface area contributed by atoms with E-state index in [-0.39, 0.29) is 0 Å². The highest BCUT2D eigenvalue weighted by molar-refractivity contribution is 7.21. The van der Waals surface area contributed by atoms with Crippen molar-refractivity contribution in [1.82, 2.24) is 0 Å². The quantitative estimate of drug-likeness (QED) is 0.594. The summed E-state index contributed by atoms with van der Waals surface area (Å²) < 4.78 is 8.91. The van der Waals surface area contributed by atoms with Gasteiger partial charge in [-0.1, -0.05) is 30.6 Å². The molecule has 3 aromatic rings. The lowest BCUT2D eigenvalue weighted by Crippen LogP contribution is -2.28. The van der Waals surface area contributed by atoms with Gasteiger partial charge >= 0.3 is 0 Å². The normalized spacial score (nSPS) is 15.7. The maximum Gasteiger partial charge on any atom is 0.269 e. The van der Waals surface area contributed by atoms with E-state index in [0.717, 1.165) is 5.75 Å². The molecule has 4 rings (SSSR count). The van der Waals surface area contributed by atoms with Gasteiger partial charge in [0, 0.05) is 30.9 Å². The molecule has 0 atom stereocenters. The van der Waals surface area contributed by atoms with Crippen LogP contribution in [0, 0.1) is 0 Å². The van der Waals surface area contributed by atoms with Gasteiger partial charge in [-0.3, -0.25) is 0 Å². The molecular weight excluding hydrogens is 340 g/mol. The fourth-order valence-electron chi connectivity index (χ4n) is 3.84. The van der Waals surface area contributed by atoms with E-state index < -0.39 is 0 Å². The Bertz CT molecular complexity index is 877. The van der Waals surface area contributed by atoms with Crippen molar-refractivity contribution in [3.8, 4) is 16.3 Å². The van der Waals surface area contributed by atoms with Crippen molar-refractivity contribution in [1.29, 1.82) is 0 Å². The van der Waals surface area contributed by atoms with Crippen molar-refractivity contribution in [2.75, 3.05) is 25.1 Å². The molecule has 0 spiro atoms. The van der Waals surface area contributed by atoms with E-state index in [1.165, 1.54) is 71.7 Å². The molecule has 136 valence electrons. The third-order valence-electron chi connectivity index (χ3n) is 5.38. The van der Waals surface area contributed by atoms with Crippen molar-refractivity contribution in [2.24, 2.45) is 7.05 Å². The smallest absolute Gasteiger partial charge is 0.269 e. The van der Waals surface area contributed by atoms with E-state index in [4.69, 9.17) is 4.74 Å². The first-order valence-electron chi connectivity index (χ1n) is 9.58. The van der Waals surface area contributed by atoms with Crippen LogP contribution in [-0.2, 0) is 7.05 Å². The van der Waals surface area contributed by atoms with Gasteiger partial charge in [0.1, 0.15) is 17.5 Å². The van der Waals surface area contributed by atoms with Crippen LogP contribution in [0.1, 0.15) is 32.1 Å². The summed E-state index contributed by atoms with van der Waals surface area (Å²) in [6, 6.07) is 15.4. The van der Waals surface area contributed by atoms with E-state index in [1.807, 2.05) is 17.4 Å². The number of fused-ring (bicyclic) bond motifs is 1. The molecule has 0 bridgehead atoms. The molecule has 4 heteroatoms. The number of aromatic nitrogens is 1. The average molecular weight is 368 g/mol. The Balaban J connectivity index is 1.62. The van der Waals surface area contributed by atoms with Crippen LogP contribution < -0.4 is 14.2 Å². The van der Waals surface area contributed by atoms with Gasteiger partial charge in [-0.15, -0.1) is 0 Å². The maximum absolute atomic E-state index is 5.37. The van der Waals surface area contributed by atoms with Gasteiger partial charge in [-0.05, 0) is 43.2 Å². The summed E-state index contributed by atoms with van der Waals surface area (Å²) in [5.74, 6) is 0.915. The second-order valence-electron chi connectivity index (χ2n) is 7.10. The number of methoxy groups -OCH3 is 1. The van der Waals surface area contributed by atoms with Crippen molar-refractivity contribution in [2.45, 2.75) is 32.1 Å². The van der Waals surface area contributed by atoms with Gasteiger partial charge in [-0.25, -0.2) is 0 Å². The Labute approximate surface area is 159 Å². The first-order valence-corrected chi connectivity index (χ1v) is 10.4. The fraction of sp³-hybridized carbons (Fsp3) is 0.409. The summed E-state index contributed by atoms with van der Waals surface area (Å²) >= 11 is 1.82. The van der Waals surface area contributed by atoms with Crippen molar-refractivity contribution in [3.63, 3.8) is 0 Å². The van der Waals surface area contributed by atoms with E-state index in [2.05, 4.69) is 52.9 Å². The zero-order valence-electron chi connectivity index (χ0n) is 15.7. The minimum absolute atomic E-state index is 0.915. The minimum Gasteiger partial charge on any atom is -0.497 e. The number of anilines is 1. The molecular formula is C22H27N2OS+. The number of hydrogen-bond acceptors (Lipinski definition) is 3. The standard InChI is InChI=1S/C22H27N2OS/c1-23-20-13-12-19(25-2)16-21(20)26-22(23)17-8-10-18(11-9-17)24-14-6-4-3-5-7-15-24/h8-13,16H,3-7,14-15H2,1-2H3/q+1. The molecule has 0 N–H and O–H groups in total. The molecule has 3 nitrogen and oxygen atoms in total. The number of hydrogen-bond donors (Lipinski definition) is 0. The topological polar surface area (TPSA) is 16.4 Å². The van der Waals surface area contributed by atoms with Crippen LogP contribution in [-0.4, -0.2) is 20.2 Å². The third-order valence-corrected chi connectivity index (χ3v) is 6.62. The van der Waals surface area contributed by atoms with Crippen LogP contribution in [0.4, 0.5) is 5.69 Å². The molecule has 2 heterocycles.